The van der Waals surface area contributed by atoms with E-state index in [0.29, 0.717) is 20.9 Å². The van der Waals surface area contributed by atoms with Crippen LogP contribution in [0.4, 0.5) is 15.6 Å². The predicted molar refractivity (Wildman–Crippen MR) is 101 cm³/mol. The number of halogens is 2. The van der Waals surface area contributed by atoms with E-state index in [1.807, 2.05) is 0 Å². The summed E-state index contributed by atoms with van der Waals surface area (Å²) in [6, 6.07) is 4.50. The van der Waals surface area contributed by atoms with Gasteiger partial charge < -0.3 is 5.32 Å². The molecule has 2 rings (SSSR count). The highest BCUT2D eigenvalue weighted by molar-refractivity contribution is 7.15. The van der Waals surface area contributed by atoms with Gasteiger partial charge in [0.05, 0.1) is 10.0 Å². The number of nitrogens with one attached hydrogen (secondary N) is 2. The van der Waals surface area contributed by atoms with Gasteiger partial charge in [-0.25, -0.2) is 4.79 Å². The van der Waals surface area contributed by atoms with Gasteiger partial charge in [0.1, 0.15) is 5.01 Å². The maximum absolute atomic E-state index is 12.0. The van der Waals surface area contributed by atoms with E-state index in [4.69, 9.17) is 23.2 Å². The number of amides is 2. The minimum atomic E-state index is -0.390. The van der Waals surface area contributed by atoms with Crippen molar-refractivity contribution in [3.05, 3.63) is 33.3 Å². The van der Waals surface area contributed by atoms with Gasteiger partial charge in [0.15, 0.2) is 0 Å². The Morgan fingerprint density at radius 2 is 1.88 bits per heavy atom. The van der Waals surface area contributed by atoms with Gasteiger partial charge in [-0.05, 0) is 24.6 Å². The number of anilines is 2. The van der Waals surface area contributed by atoms with E-state index in [1.165, 1.54) is 37.0 Å². The maximum Gasteiger partial charge on any atom is 0.325 e. The number of carbonyl (C=O) groups excluding carboxylic acids is 1. The van der Waals surface area contributed by atoms with Crippen molar-refractivity contribution in [2.45, 2.75) is 45.4 Å². The monoisotopic (exact) mass is 386 g/mol. The van der Waals surface area contributed by atoms with Crippen LogP contribution in [0.5, 0.6) is 0 Å². The molecule has 1 heterocycles. The van der Waals surface area contributed by atoms with Crippen LogP contribution in [0.15, 0.2) is 18.2 Å². The molecular formula is C16H20Cl2N4OS. The third-order valence-corrected chi connectivity index (χ3v) is 5.00. The summed E-state index contributed by atoms with van der Waals surface area (Å²) in [5, 5.41) is 15.7. The molecule has 0 radical (unpaired) electrons. The highest BCUT2D eigenvalue weighted by atomic mass is 35.5. The molecule has 0 fully saturated rings. The highest BCUT2D eigenvalue weighted by Gasteiger charge is 2.09. The second kappa shape index (κ2) is 9.81. The fourth-order valence-electron chi connectivity index (χ4n) is 2.12. The molecule has 0 spiro atoms. The zero-order valence-corrected chi connectivity index (χ0v) is 15.8. The Balaban J connectivity index is 1.78. The first kappa shape index (κ1) is 19.0. The summed E-state index contributed by atoms with van der Waals surface area (Å²) in [6.45, 7) is 2.20. The molecule has 0 aliphatic heterocycles. The van der Waals surface area contributed by atoms with Gasteiger partial charge in [0.25, 0.3) is 0 Å². The molecule has 0 aliphatic carbocycles. The minimum Gasteiger partial charge on any atom is -0.308 e. The molecular weight excluding hydrogens is 367 g/mol. The van der Waals surface area contributed by atoms with E-state index in [-0.39, 0.29) is 6.03 Å². The van der Waals surface area contributed by atoms with E-state index in [2.05, 4.69) is 27.8 Å². The second-order valence-electron chi connectivity index (χ2n) is 5.37. The molecule has 0 saturated heterocycles. The lowest BCUT2D eigenvalue weighted by Crippen LogP contribution is -2.19. The Hall–Kier alpha value is -1.37. The number of nitrogens with zero attached hydrogens (tertiary/aromatic N) is 2. The maximum atomic E-state index is 12.0. The Morgan fingerprint density at radius 1 is 1.08 bits per heavy atom. The lowest BCUT2D eigenvalue weighted by Gasteiger charge is -2.05. The van der Waals surface area contributed by atoms with Crippen LogP contribution in [0.3, 0.4) is 0 Å². The van der Waals surface area contributed by atoms with Gasteiger partial charge in [-0.3, -0.25) is 5.32 Å². The number of urea groups is 1. The summed E-state index contributed by atoms with van der Waals surface area (Å²) in [7, 11) is 0. The Labute approximate surface area is 155 Å². The molecule has 1 aromatic heterocycles. The van der Waals surface area contributed by atoms with Crippen molar-refractivity contribution in [2.24, 2.45) is 0 Å². The number of rotatable bonds is 8. The number of aryl methyl sites for hydroxylation is 1. The Bertz CT molecular complexity index is 678. The number of hydrogen-bond acceptors (Lipinski definition) is 4. The molecule has 0 saturated carbocycles. The van der Waals surface area contributed by atoms with Crippen molar-refractivity contribution < 1.29 is 4.79 Å². The summed E-state index contributed by atoms with van der Waals surface area (Å²) in [4.78, 5) is 12.0. The van der Waals surface area contributed by atoms with E-state index in [1.54, 1.807) is 18.2 Å². The van der Waals surface area contributed by atoms with Crippen molar-refractivity contribution in [1.29, 1.82) is 0 Å². The number of hydrogen-bond donors (Lipinski definition) is 2. The Morgan fingerprint density at radius 3 is 2.62 bits per heavy atom. The largest absolute Gasteiger partial charge is 0.325 e. The normalized spacial score (nSPS) is 10.6. The van der Waals surface area contributed by atoms with Crippen LogP contribution in [0.1, 0.15) is 44.0 Å². The van der Waals surface area contributed by atoms with Gasteiger partial charge in [-0.1, -0.05) is 67.1 Å². The van der Waals surface area contributed by atoms with Crippen molar-refractivity contribution in [1.82, 2.24) is 10.2 Å². The van der Waals surface area contributed by atoms with Crippen molar-refractivity contribution >= 4 is 51.4 Å². The number of aromatic nitrogens is 2. The number of benzene rings is 1. The summed E-state index contributed by atoms with van der Waals surface area (Å²) in [5.41, 5.74) is 0.558. The first-order valence-electron chi connectivity index (χ1n) is 7.94. The van der Waals surface area contributed by atoms with Crippen LogP contribution >= 0.6 is 34.5 Å². The van der Waals surface area contributed by atoms with Crippen LogP contribution in [-0.4, -0.2) is 16.2 Å². The van der Waals surface area contributed by atoms with E-state index >= 15 is 0 Å². The topological polar surface area (TPSA) is 66.9 Å². The van der Waals surface area contributed by atoms with E-state index < -0.39 is 0 Å². The second-order valence-corrected chi connectivity index (χ2v) is 7.25. The zero-order valence-electron chi connectivity index (χ0n) is 13.4. The first-order valence-corrected chi connectivity index (χ1v) is 9.51. The number of carbonyl (C=O) groups is 1. The lowest BCUT2D eigenvalue weighted by atomic mass is 10.1. The molecule has 2 aromatic rings. The molecule has 1 aromatic carbocycles. The highest BCUT2D eigenvalue weighted by Crippen LogP contribution is 2.25. The van der Waals surface area contributed by atoms with Crippen LogP contribution in [0.2, 0.25) is 10.0 Å². The molecule has 2 N–H and O–H groups in total. The third-order valence-electron chi connectivity index (χ3n) is 3.36. The zero-order chi connectivity index (χ0) is 17.4. The molecule has 5 nitrogen and oxygen atoms in total. The SMILES string of the molecule is CCCCCCCc1nnc(NC(=O)Nc2ccc(Cl)c(Cl)c2)s1. The predicted octanol–water partition coefficient (Wildman–Crippen LogP) is 6.00. The van der Waals surface area contributed by atoms with E-state index in [0.717, 1.165) is 17.8 Å². The fraction of sp³-hybridized carbons (Fsp3) is 0.438. The van der Waals surface area contributed by atoms with Crippen LogP contribution < -0.4 is 10.6 Å². The summed E-state index contributed by atoms with van der Waals surface area (Å²) < 4.78 is 0. The summed E-state index contributed by atoms with van der Waals surface area (Å²) in [6.07, 6.45) is 6.97. The average Bonchev–Trinajstić information content (AvgIpc) is 2.98. The van der Waals surface area contributed by atoms with E-state index in [9.17, 15) is 4.79 Å². The van der Waals surface area contributed by atoms with Crippen LogP contribution in [0, 0.1) is 0 Å². The molecule has 24 heavy (non-hydrogen) atoms. The molecule has 0 atom stereocenters. The Kier molecular flexibility index (Phi) is 7.75. The number of unbranched alkanes of at least 4 members (excludes halogenated alkanes) is 4. The fourth-order valence-corrected chi connectivity index (χ4v) is 3.19. The average molecular weight is 387 g/mol. The van der Waals surface area contributed by atoms with Gasteiger partial charge in [-0.2, -0.15) is 0 Å². The molecule has 130 valence electrons. The van der Waals surface area contributed by atoms with Crippen LogP contribution in [-0.2, 0) is 6.42 Å². The van der Waals surface area contributed by atoms with Gasteiger partial charge in [0.2, 0.25) is 5.13 Å². The third kappa shape index (κ3) is 6.26. The van der Waals surface area contributed by atoms with Gasteiger partial charge in [0, 0.05) is 12.1 Å². The quantitative estimate of drug-likeness (QED) is 0.546. The van der Waals surface area contributed by atoms with Crippen LogP contribution in [0.25, 0.3) is 0 Å². The molecule has 2 amide bonds. The smallest absolute Gasteiger partial charge is 0.308 e. The minimum absolute atomic E-state index is 0.385. The molecule has 0 bridgehead atoms. The summed E-state index contributed by atoms with van der Waals surface area (Å²) >= 11 is 13.2. The van der Waals surface area contributed by atoms with Gasteiger partial charge in [-0.15, -0.1) is 10.2 Å². The van der Waals surface area contributed by atoms with Gasteiger partial charge >= 0.3 is 6.03 Å². The lowest BCUT2D eigenvalue weighted by molar-refractivity contribution is 0.262. The molecule has 0 aliphatic rings. The van der Waals surface area contributed by atoms with Crippen molar-refractivity contribution in [3.63, 3.8) is 0 Å². The van der Waals surface area contributed by atoms with Crippen molar-refractivity contribution in [3.8, 4) is 0 Å². The van der Waals surface area contributed by atoms with Crippen molar-refractivity contribution in [2.75, 3.05) is 10.6 Å². The molecule has 8 heteroatoms. The standard InChI is InChI=1S/C16H20Cl2N4OS/c1-2-3-4-5-6-7-14-21-22-16(24-14)20-15(23)19-11-8-9-12(17)13(18)10-11/h8-10H,2-7H2,1H3,(H2,19,20,22,23). The molecule has 0 unspecified atom stereocenters. The summed E-state index contributed by atoms with van der Waals surface area (Å²) in [5.74, 6) is 0. The first-order chi connectivity index (χ1) is 11.6.